The molecule has 0 spiro atoms. The van der Waals surface area contributed by atoms with Gasteiger partial charge in [-0.2, -0.15) is 0 Å². The van der Waals surface area contributed by atoms with Gasteiger partial charge in [-0.1, -0.05) is 6.07 Å². The Labute approximate surface area is 267 Å². The number of benzene rings is 2. The summed E-state index contributed by atoms with van der Waals surface area (Å²) in [7, 11) is 1.61. The van der Waals surface area contributed by atoms with Crippen molar-refractivity contribution in [2.45, 2.75) is 26.4 Å². The SMILES string of the molecule is COc1cc2nc(C)nc3c2cc1OCCOCCOCCOCCOCCNCc1cc(F)ccc1-c1ccc(s1)C(C)N3. The normalized spacial score (nSPS) is 18.3. The predicted molar refractivity (Wildman–Crippen MR) is 173 cm³/mol. The van der Waals surface area contributed by atoms with Crippen molar-refractivity contribution in [2.24, 2.45) is 0 Å². The second-order valence-corrected chi connectivity index (χ2v) is 11.6. The Balaban J connectivity index is 1.37. The number of hydrogen-bond acceptors (Lipinski definition) is 11. The third kappa shape index (κ3) is 9.32. The largest absolute Gasteiger partial charge is 0.493 e. The van der Waals surface area contributed by atoms with Crippen LogP contribution in [0.15, 0.2) is 42.5 Å². The van der Waals surface area contributed by atoms with Crippen LogP contribution in [0.1, 0.15) is 29.2 Å². The zero-order valence-corrected chi connectivity index (χ0v) is 26.8. The second-order valence-electron chi connectivity index (χ2n) is 10.5. The first-order valence-electron chi connectivity index (χ1n) is 15.2. The van der Waals surface area contributed by atoms with Crippen LogP contribution in [0.4, 0.5) is 10.2 Å². The van der Waals surface area contributed by atoms with E-state index in [2.05, 4.69) is 34.7 Å². The van der Waals surface area contributed by atoms with E-state index in [4.69, 9.17) is 33.4 Å². The zero-order chi connectivity index (χ0) is 31.4. The van der Waals surface area contributed by atoms with Gasteiger partial charge in [0.25, 0.3) is 0 Å². The molecule has 0 saturated carbocycles. The molecule has 242 valence electrons. The van der Waals surface area contributed by atoms with Crippen LogP contribution in [-0.4, -0.2) is 83.1 Å². The first-order chi connectivity index (χ1) is 22.0. The molecule has 2 N–H and O–H groups in total. The molecule has 4 aromatic rings. The van der Waals surface area contributed by atoms with Crippen LogP contribution >= 0.6 is 11.3 Å². The molecular weight excluding hydrogens is 599 g/mol. The van der Waals surface area contributed by atoms with Crippen LogP contribution in [0, 0.1) is 12.7 Å². The first-order valence-corrected chi connectivity index (χ1v) is 16.0. The summed E-state index contributed by atoms with van der Waals surface area (Å²) in [6, 6.07) is 12.8. The number of aryl methyl sites for hydroxylation is 1. The standard InChI is InChI=1S/C33H41FN4O6S/c1-22-31-6-7-32(45-31)26-5-4-25(34)18-24(26)21-35-8-9-40-10-11-41-12-13-42-14-15-43-16-17-44-30-19-27-28(20-29(30)39-3)37-23(2)38-33(27)36-22/h4-7,18-20,22,35H,8-17,21H2,1-3H3,(H,36,37,38). The number of nitrogens with one attached hydrogen (secondary N) is 2. The van der Waals surface area contributed by atoms with Gasteiger partial charge in [0.05, 0.1) is 71.5 Å². The van der Waals surface area contributed by atoms with E-state index in [1.807, 2.05) is 25.1 Å². The lowest BCUT2D eigenvalue weighted by atomic mass is 10.1. The number of hydrogen-bond donors (Lipinski definition) is 2. The summed E-state index contributed by atoms with van der Waals surface area (Å²) < 4.78 is 48.4. The molecule has 5 rings (SSSR count). The number of nitrogens with zero attached hydrogens (tertiary/aromatic N) is 2. The molecule has 1 aliphatic heterocycles. The molecule has 1 atom stereocenters. The van der Waals surface area contributed by atoms with Crippen molar-refractivity contribution in [3.63, 3.8) is 0 Å². The third-order valence-electron chi connectivity index (χ3n) is 7.17. The minimum absolute atomic E-state index is 0.0571. The van der Waals surface area contributed by atoms with E-state index in [1.165, 1.54) is 6.07 Å². The highest BCUT2D eigenvalue weighted by Crippen LogP contribution is 2.38. The number of anilines is 1. The van der Waals surface area contributed by atoms with Gasteiger partial charge in [-0.3, -0.25) is 0 Å². The maximum Gasteiger partial charge on any atom is 0.162 e. The predicted octanol–water partition coefficient (Wildman–Crippen LogP) is 5.54. The van der Waals surface area contributed by atoms with Crippen LogP contribution in [-0.2, 0) is 25.5 Å². The lowest BCUT2D eigenvalue weighted by molar-refractivity contribution is -0.00433. The Morgan fingerprint density at radius 3 is 2.31 bits per heavy atom. The number of fused-ring (bicyclic) bond motifs is 5. The average molecular weight is 641 g/mol. The fourth-order valence-corrected chi connectivity index (χ4v) is 6.00. The fraction of sp³-hybridized carbons (Fsp3) is 0.455. The first kappa shape index (κ1) is 33.0. The Hall–Kier alpha value is -3.39. The molecule has 0 radical (unpaired) electrons. The Morgan fingerprint density at radius 2 is 1.58 bits per heavy atom. The maximum absolute atomic E-state index is 14.3. The molecule has 4 bridgehead atoms. The van der Waals surface area contributed by atoms with Crippen LogP contribution < -0.4 is 20.1 Å². The van der Waals surface area contributed by atoms with Crippen molar-refractivity contribution < 1.29 is 32.8 Å². The number of aromatic nitrogens is 2. The van der Waals surface area contributed by atoms with Gasteiger partial charge in [-0.05, 0) is 55.3 Å². The minimum Gasteiger partial charge on any atom is -0.493 e. The summed E-state index contributed by atoms with van der Waals surface area (Å²) >= 11 is 1.67. The number of rotatable bonds is 1. The molecule has 45 heavy (non-hydrogen) atoms. The zero-order valence-electron chi connectivity index (χ0n) is 26.0. The van der Waals surface area contributed by atoms with Crippen LogP contribution in [0.25, 0.3) is 21.3 Å². The van der Waals surface area contributed by atoms with Gasteiger partial charge in [0.1, 0.15) is 24.1 Å². The van der Waals surface area contributed by atoms with Gasteiger partial charge < -0.3 is 39.1 Å². The maximum atomic E-state index is 14.3. The van der Waals surface area contributed by atoms with Gasteiger partial charge in [-0.25, -0.2) is 14.4 Å². The van der Waals surface area contributed by atoms with Crippen LogP contribution in [0.5, 0.6) is 11.5 Å². The topological polar surface area (TPSA) is 105 Å². The summed E-state index contributed by atoms with van der Waals surface area (Å²) in [5.41, 5.74) is 2.64. The van der Waals surface area contributed by atoms with Crippen molar-refractivity contribution in [3.05, 3.63) is 64.5 Å². The van der Waals surface area contributed by atoms with E-state index >= 15 is 0 Å². The van der Waals surface area contributed by atoms with E-state index in [1.54, 1.807) is 24.5 Å². The van der Waals surface area contributed by atoms with Crippen LogP contribution in [0.2, 0.25) is 0 Å². The molecule has 0 saturated heterocycles. The molecule has 1 aliphatic rings. The van der Waals surface area contributed by atoms with Crippen molar-refractivity contribution in [1.29, 1.82) is 0 Å². The highest BCUT2D eigenvalue weighted by Gasteiger charge is 2.17. The van der Waals surface area contributed by atoms with Crippen molar-refractivity contribution in [2.75, 3.05) is 78.4 Å². The van der Waals surface area contributed by atoms with Crippen molar-refractivity contribution in [1.82, 2.24) is 15.3 Å². The quantitative estimate of drug-likeness (QED) is 0.276. The van der Waals surface area contributed by atoms with Gasteiger partial charge in [0.2, 0.25) is 0 Å². The highest BCUT2D eigenvalue weighted by atomic mass is 32.1. The molecule has 2 aromatic carbocycles. The second kappa shape index (κ2) is 16.8. The summed E-state index contributed by atoms with van der Waals surface area (Å²) in [5.74, 6) is 2.25. The molecular formula is C33H41FN4O6S. The molecule has 0 fully saturated rings. The minimum atomic E-state index is -0.260. The monoisotopic (exact) mass is 640 g/mol. The van der Waals surface area contributed by atoms with E-state index in [0.717, 1.165) is 31.8 Å². The van der Waals surface area contributed by atoms with Crippen LogP contribution in [0.3, 0.4) is 0 Å². The van der Waals surface area contributed by atoms with Gasteiger partial charge >= 0.3 is 0 Å². The third-order valence-corrected chi connectivity index (χ3v) is 8.47. The smallest absolute Gasteiger partial charge is 0.162 e. The average Bonchev–Trinajstić information content (AvgIpc) is 3.52. The number of thiophene rings is 1. The number of halogens is 1. The summed E-state index contributed by atoms with van der Waals surface area (Å²) in [4.78, 5) is 11.6. The molecule has 10 nitrogen and oxygen atoms in total. The van der Waals surface area contributed by atoms with Gasteiger partial charge in [0, 0.05) is 34.3 Å². The summed E-state index contributed by atoms with van der Waals surface area (Å²) in [6.07, 6.45) is 0. The lowest BCUT2D eigenvalue weighted by Crippen LogP contribution is -2.21. The molecule has 12 heteroatoms. The van der Waals surface area contributed by atoms with Gasteiger partial charge in [-0.15, -0.1) is 11.3 Å². The molecule has 3 heterocycles. The van der Waals surface area contributed by atoms with Gasteiger partial charge in [0.15, 0.2) is 11.5 Å². The molecule has 1 unspecified atom stereocenters. The lowest BCUT2D eigenvalue weighted by Gasteiger charge is -2.17. The van der Waals surface area contributed by atoms with E-state index in [9.17, 15) is 4.39 Å². The summed E-state index contributed by atoms with van der Waals surface area (Å²) in [5, 5.41) is 7.77. The highest BCUT2D eigenvalue weighted by molar-refractivity contribution is 7.15. The number of methoxy groups -OCH3 is 1. The van der Waals surface area contributed by atoms with E-state index in [0.29, 0.717) is 95.7 Å². The molecule has 0 aliphatic carbocycles. The van der Waals surface area contributed by atoms with Crippen molar-refractivity contribution >= 4 is 28.1 Å². The molecule has 2 aromatic heterocycles. The number of ether oxygens (including phenoxy) is 6. The summed E-state index contributed by atoms with van der Waals surface area (Å²) in [6.45, 7) is 9.27. The van der Waals surface area contributed by atoms with Crippen molar-refractivity contribution in [3.8, 4) is 21.9 Å². The Kier molecular flexibility index (Phi) is 12.3. The van der Waals surface area contributed by atoms with E-state index in [-0.39, 0.29) is 11.9 Å². The van der Waals surface area contributed by atoms with E-state index < -0.39 is 0 Å². The Bertz CT molecular complexity index is 1540. The fourth-order valence-electron chi connectivity index (χ4n) is 4.93. The Morgan fingerprint density at radius 1 is 0.867 bits per heavy atom. The molecule has 0 amide bonds.